The van der Waals surface area contributed by atoms with E-state index in [1.807, 2.05) is 13.0 Å². The lowest BCUT2D eigenvalue weighted by atomic mass is 9.85. The molecule has 0 N–H and O–H groups in total. The molecule has 26 heavy (non-hydrogen) atoms. The number of hydrogen-bond acceptors (Lipinski definition) is 0. The van der Waals surface area contributed by atoms with Crippen molar-refractivity contribution >= 4 is 5.57 Å². The molecule has 0 heteroatoms. The third-order valence-corrected chi connectivity index (χ3v) is 4.48. The van der Waals surface area contributed by atoms with Crippen LogP contribution in [0.3, 0.4) is 0 Å². The minimum atomic E-state index is 0.973. The fourth-order valence-corrected chi connectivity index (χ4v) is 2.95. The van der Waals surface area contributed by atoms with Gasteiger partial charge in [-0.1, -0.05) is 91.6 Å². The van der Waals surface area contributed by atoms with Crippen LogP contribution in [0.4, 0.5) is 0 Å². The lowest BCUT2D eigenvalue weighted by molar-refractivity contribution is 1.35. The molecule has 0 unspecified atom stereocenters. The molecular weight excluding hydrogens is 312 g/mol. The first-order chi connectivity index (χ1) is 12.5. The van der Waals surface area contributed by atoms with Crippen LogP contribution in [0.2, 0.25) is 0 Å². The van der Waals surface area contributed by atoms with Gasteiger partial charge in [0.05, 0.1) is 0 Å². The Balaban J connectivity index is 2.77. The molecule has 0 bridgehead atoms. The normalized spacial score (nSPS) is 12.8. The van der Waals surface area contributed by atoms with Crippen LogP contribution in [-0.2, 0) is 0 Å². The second kappa shape index (κ2) is 9.01. The van der Waals surface area contributed by atoms with Gasteiger partial charge in [-0.2, -0.15) is 0 Å². The number of aryl methyl sites for hydroxylation is 1. The minimum absolute atomic E-state index is 0.973. The molecule has 2 rings (SSSR count). The zero-order valence-corrected chi connectivity index (χ0v) is 16.3. The molecule has 0 aliphatic rings. The van der Waals surface area contributed by atoms with Crippen molar-refractivity contribution in [2.24, 2.45) is 0 Å². The van der Waals surface area contributed by atoms with Crippen LogP contribution in [0.5, 0.6) is 0 Å². The van der Waals surface area contributed by atoms with E-state index in [9.17, 15) is 0 Å². The molecular formula is C26H28. The van der Waals surface area contributed by atoms with Gasteiger partial charge < -0.3 is 0 Å². The summed E-state index contributed by atoms with van der Waals surface area (Å²) in [6, 6.07) is 19.0. The van der Waals surface area contributed by atoms with Crippen molar-refractivity contribution in [3.05, 3.63) is 125 Å². The van der Waals surface area contributed by atoms with E-state index in [1.54, 1.807) is 0 Å². The molecule has 132 valence electrons. The highest BCUT2D eigenvalue weighted by Crippen LogP contribution is 2.35. The van der Waals surface area contributed by atoms with Gasteiger partial charge in [0, 0.05) is 0 Å². The topological polar surface area (TPSA) is 0 Å². The predicted octanol–water partition coefficient (Wildman–Crippen LogP) is 7.45. The Morgan fingerprint density at radius 3 is 2.04 bits per heavy atom. The first-order valence-electron chi connectivity index (χ1n) is 8.97. The molecule has 2 aromatic rings. The van der Waals surface area contributed by atoms with Crippen LogP contribution in [0.25, 0.3) is 5.57 Å². The van der Waals surface area contributed by atoms with E-state index < -0.39 is 0 Å². The van der Waals surface area contributed by atoms with Crippen LogP contribution in [0, 0.1) is 6.92 Å². The van der Waals surface area contributed by atoms with Gasteiger partial charge in [0.15, 0.2) is 0 Å². The molecule has 0 aliphatic carbocycles. The van der Waals surface area contributed by atoms with Gasteiger partial charge in [-0.25, -0.2) is 0 Å². The molecule has 0 saturated heterocycles. The fourth-order valence-electron chi connectivity index (χ4n) is 2.95. The highest BCUT2D eigenvalue weighted by Gasteiger charge is 2.15. The van der Waals surface area contributed by atoms with E-state index in [2.05, 4.69) is 101 Å². The Morgan fingerprint density at radius 1 is 0.846 bits per heavy atom. The molecule has 0 spiro atoms. The summed E-state index contributed by atoms with van der Waals surface area (Å²) in [5.41, 5.74) is 9.12. The summed E-state index contributed by atoms with van der Waals surface area (Å²) >= 11 is 0. The summed E-state index contributed by atoms with van der Waals surface area (Å²) in [5.74, 6) is 0. The summed E-state index contributed by atoms with van der Waals surface area (Å²) in [5, 5.41) is 0. The summed E-state index contributed by atoms with van der Waals surface area (Å²) in [6.07, 6.45) is 6.28. The first kappa shape index (κ1) is 19.5. The SMILES string of the molecule is C=C(C)/C(C(=C)/C=C/C(C)=C/C)=C(/c1ccccc1)c1ccccc1C. The quantitative estimate of drug-likeness (QED) is 0.479. The van der Waals surface area contributed by atoms with Crippen molar-refractivity contribution in [2.75, 3.05) is 0 Å². The second-order valence-electron chi connectivity index (χ2n) is 6.60. The number of benzene rings is 2. The van der Waals surface area contributed by atoms with Gasteiger partial charge in [-0.15, -0.1) is 0 Å². The number of hydrogen-bond donors (Lipinski definition) is 0. The van der Waals surface area contributed by atoms with E-state index in [0.717, 1.165) is 16.7 Å². The number of rotatable bonds is 6. The Morgan fingerprint density at radius 2 is 1.46 bits per heavy atom. The molecule has 0 saturated carbocycles. The zero-order chi connectivity index (χ0) is 19.1. The molecule has 0 aromatic heterocycles. The van der Waals surface area contributed by atoms with Crippen molar-refractivity contribution in [2.45, 2.75) is 27.7 Å². The van der Waals surface area contributed by atoms with Gasteiger partial charge in [-0.05, 0) is 66.7 Å². The number of allylic oxidation sites excluding steroid dienone is 7. The Hall–Kier alpha value is -2.86. The van der Waals surface area contributed by atoms with Gasteiger partial charge in [0.25, 0.3) is 0 Å². The van der Waals surface area contributed by atoms with E-state index >= 15 is 0 Å². The Labute approximate surface area is 158 Å². The molecule has 0 nitrogen and oxygen atoms in total. The Kier molecular flexibility index (Phi) is 6.74. The lowest BCUT2D eigenvalue weighted by Gasteiger charge is -2.19. The summed E-state index contributed by atoms with van der Waals surface area (Å²) in [4.78, 5) is 0. The fraction of sp³-hybridized carbons (Fsp3) is 0.154. The van der Waals surface area contributed by atoms with Crippen LogP contribution in [0.1, 0.15) is 37.5 Å². The average molecular weight is 341 g/mol. The van der Waals surface area contributed by atoms with Crippen molar-refractivity contribution in [1.29, 1.82) is 0 Å². The van der Waals surface area contributed by atoms with Crippen molar-refractivity contribution < 1.29 is 0 Å². The van der Waals surface area contributed by atoms with Gasteiger partial charge in [-0.3, -0.25) is 0 Å². The maximum atomic E-state index is 4.35. The van der Waals surface area contributed by atoms with E-state index in [-0.39, 0.29) is 0 Å². The van der Waals surface area contributed by atoms with E-state index in [4.69, 9.17) is 0 Å². The zero-order valence-electron chi connectivity index (χ0n) is 16.3. The minimum Gasteiger partial charge on any atom is -0.0955 e. The third-order valence-electron chi connectivity index (χ3n) is 4.48. The van der Waals surface area contributed by atoms with Crippen molar-refractivity contribution in [3.63, 3.8) is 0 Å². The van der Waals surface area contributed by atoms with Crippen LogP contribution in [0.15, 0.2) is 108 Å². The van der Waals surface area contributed by atoms with Crippen LogP contribution in [-0.4, -0.2) is 0 Å². The Bertz CT molecular complexity index is 887. The average Bonchev–Trinajstić information content (AvgIpc) is 2.65. The summed E-state index contributed by atoms with van der Waals surface area (Å²) < 4.78 is 0. The van der Waals surface area contributed by atoms with Crippen LogP contribution >= 0.6 is 0 Å². The van der Waals surface area contributed by atoms with Gasteiger partial charge >= 0.3 is 0 Å². The maximum absolute atomic E-state index is 4.35. The molecule has 0 heterocycles. The molecule has 0 aliphatic heterocycles. The summed E-state index contributed by atoms with van der Waals surface area (Å²) in [7, 11) is 0. The summed E-state index contributed by atoms with van der Waals surface area (Å²) in [6.45, 7) is 16.9. The highest BCUT2D eigenvalue weighted by molar-refractivity contribution is 5.88. The highest BCUT2D eigenvalue weighted by atomic mass is 14.2. The molecule has 0 fully saturated rings. The van der Waals surface area contributed by atoms with Crippen molar-refractivity contribution in [1.82, 2.24) is 0 Å². The van der Waals surface area contributed by atoms with E-state index in [0.29, 0.717) is 0 Å². The van der Waals surface area contributed by atoms with Crippen molar-refractivity contribution in [3.8, 4) is 0 Å². The van der Waals surface area contributed by atoms with Gasteiger partial charge in [0.1, 0.15) is 0 Å². The molecule has 0 amide bonds. The predicted molar refractivity (Wildman–Crippen MR) is 116 cm³/mol. The lowest BCUT2D eigenvalue weighted by Crippen LogP contribution is -1.99. The molecule has 2 aromatic carbocycles. The smallest absolute Gasteiger partial charge is 0.00279 e. The van der Waals surface area contributed by atoms with Gasteiger partial charge in [0.2, 0.25) is 0 Å². The standard InChI is InChI=1S/C26H28/c1-7-20(4)17-18-22(6)25(19(2)3)26(23-14-9-8-10-15-23)24-16-12-11-13-21(24)5/h7-18H,2,6H2,1,3-5H3/b18-17+,20-7+,26-25+. The monoisotopic (exact) mass is 340 g/mol. The third kappa shape index (κ3) is 4.61. The molecule has 0 atom stereocenters. The maximum Gasteiger partial charge on any atom is -0.00279 e. The second-order valence-corrected chi connectivity index (χ2v) is 6.60. The molecule has 0 radical (unpaired) electrons. The first-order valence-corrected chi connectivity index (χ1v) is 8.97. The van der Waals surface area contributed by atoms with E-state index in [1.165, 1.54) is 27.8 Å². The van der Waals surface area contributed by atoms with Crippen LogP contribution < -0.4 is 0 Å². The largest absolute Gasteiger partial charge is 0.0955 e.